The van der Waals surface area contributed by atoms with E-state index in [1.165, 1.54) is 0 Å². The lowest BCUT2D eigenvalue weighted by molar-refractivity contribution is 0.103. The third-order valence-corrected chi connectivity index (χ3v) is 5.13. The van der Waals surface area contributed by atoms with Crippen LogP contribution in [-0.4, -0.2) is 35.6 Å². The van der Waals surface area contributed by atoms with Crippen molar-refractivity contribution in [1.82, 2.24) is 5.32 Å². The second-order valence-corrected chi connectivity index (χ2v) is 7.33. The van der Waals surface area contributed by atoms with Gasteiger partial charge in [0, 0.05) is 17.3 Å². The molecule has 0 bridgehead atoms. The summed E-state index contributed by atoms with van der Waals surface area (Å²) in [6.07, 6.45) is 2.12. The van der Waals surface area contributed by atoms with E-state index in [0.29, 0.717) is 13.2 Å². The van der Waals surface area contributed by atoms with Crippen molar-refractivity contribution in [3.8, 4) is 5.75 Å². The number of hydrogen-bond donors (Lipinski definition) is 3. The molecule has 4 nitrogen and oxygen atoms in total. The van der Waals surface area contributed by atoms with Crippen molar-refractivity contribution in [3.05, 3.63) is 54.1 Å². The van der Waals surface area contributed by atoms with Crippen LogP contribution in [0, 0.1) is 0 Å². The van der Waals surface area contributed by atoms with Gasteiger partial charge in [-0.25, -0.2) is 0 Å². The molecule has 0 aromatic heterocycles. The zero-order chi connectivity index (χ0) is 19.3. The molecule has 28 heavy (non-hydrogen) atoms. The Morgan fingerprint density at radius 1 is 0.893 bits per heavy atom. The van der Waals surface area contributed by atoms with Gasteiger partial charge in [-0.3, -0.25) is 0 Å². The summed E-state index contributed by atoms with van der Waals surface area (Å²) in [6, 6.07) is 16.6. The lowest BCUT2D eigenvalue weighted by Crippen LogP contribution is -2.48. The molecule has 3 aromatic rings. The maximum atomic E-state index is 9.61. The highest BCUT2D eigenvalue weighted by Crippen LogP contribution is 2.38. The van der Waals surface area contributed by atoms with Crippen LogP contribution in [-0.2, 0) is 6.54 Å². The van der Waals surface area contributed by atoms with Gasteiger partial charge in [-0.05, 0) is 29.7 Å². The van der Waals surface area contributed by atoms with Crippen LogP contribution in [0.5, 0.6) is 5.75 Å². The van der Waals surface area contributed by atoms with Crippen molar-refractivity contribution in [2.45, 2.75) is 38.8 Å². The van der Waals surface area contributed by atoms with E-state index in [0.717, 1.165) is 45.7 Å². The Morgan fingerprint density at radius 2 is 1.39 bits per heavy atom. The summed E-state index contributed by atoms with van der Waals surface area (Å²) in [5.74, 6) is 0.936. The first-order valence-corrected chi connectivity index (χ1v) is 9.65. The molecule has 0 atom stereocenters. The first kappa shape index (κ1) is 22.4. The molecule has 0 radical (unpaired) electrons. The van der Waals surface area contributed by atoms with Crippen LogP contribution in [0.15, 0.2) is 48.5 Å². The molecule has 0 amide bonds. The number of ether oxygens (including phenoxy) is 1. The molecule has 0 aliphatic rings. The normalized spacial score (nSPS) is 11.6. The van der Waals surface area contributed by atoms with E-state index in [1.54, 1.807) is 0 Å². The van der Waals surface area contributed by atoms with Gasteiger partial charge in [0.2, 0.25) is 0 Å². The number of rotatable bonds is 9. The second-order valence-electron chi connectivity index (χ2n) is 7.33. The van der Waals surface area contributed by atoms with E-state index in [4.69, 9.17) is 4.74 Å². The van der Waals surface area contributed by atoms with Crippen LogP contribution in [0.2, 0.25) is 0 Å². The van der Waals surface area contributed by atoms with E-state index < -0.39 is 5.54 Å². The van der Waals surface area contributed by atoms with E-state index in [2.05, 4.69) is 36.5 Å². The maximum absolute atomic E-state index is 9.61. The number of nitrogens with one attached hydrogen (secondary N) is 1. The highest BCUT2D eigenvalue weighted by Gasteiger charge is 2.23. The van der Waals surface area contributed by atoms with Crippen molar-refractivity contribution in [2.75, 3.05) is 19.8 Å². The van der Waals surface area contributed by atoms with Gasteiger partial charge in [0.05, 0.1) is 25.4 Å². The fourth-order valence-corrected chi connectivity index (χ4v) is 3.31. The van der Waals surface area contributed by atoms with Gasteiger partial charge in [-0.15, -0.1) is 12.4 Å². The molecule has 0 saturated heterocycles. The minimum absolute atomic E-state index is 0. The monoisotopic (exact) mass is 403 g/mol. The minimum Gasteiger partial charge on any atom is -0.492 e. The lowest BCUT2D eigenvalue weighted by atomic mass is 9.94. The van der Waals surface area contributed by atoms with Crippen LogP contribution in [0.3, 0.4) is 0 Å². The molecule has 3 N–H and O–H groups in total. The minimum atomic E-state index is -0.724. The topological polar surface area (TPSA) is 61.7 Å². The number of fused-ring (bicyclic) bond motifs is 2. The van der Waals surface area contributed by atoms with Gasteiger partial charge in [-0.1, -0.05) is 61.9 Å². The van der Waals surface area contributed by atoms with Crippen LogP contribution < -0.4 is 10.1 Å². The maximum Gasteiger partial charge on any atom is 0.134 e. The zero-order valence-corrected chi connectivity index (χ0v) is 17.4. The zero-order valence-electron chi connectivity index (χ0n) is 16.6. The number of aliphatic hydroxyl groups excluding tert-OH is 2. The van der Waals surface area contributed by atoms with Crippen LogP contribution >= 0.6 is 12.4 Å². The largest absolute Gasteiger partial charge is 0.492 e. The fraction of sp³-hybridized carbons (Fsp3) is 0.391. The third-order valence-electron chi connectivity index (χ3n) is 5.13. The molecule has 0 saturated carbocycles. The van der Waals surface area contributed by atoms with Crippen LogP contribution in [0.25, 0.3) is 21.5 Å². The quantitative estimate of drug-likeness (QED) is 0.365. The van der Waals surface area contributed by atoms with Gasteiger partial charge in [-0.2, -0.15) is 0 Å². The smallest absolute Gasteiger partial charge is 0.134 e. The first-order valence-electron chi connectivity index (χ1n) is 9.65. The molecule has 0 aliphatic heterocycles. The predicted molar refractivity (Wildman–Crippen MR) is 119 cm³/mol. The number of benzene rings is 3. The lowest BCUT2D eigenvalue weighted by Gasteiger charge is -2.27. The summed E-state index contributed by atoms with van der Waals surface area (Å²) in [5, 5.41) is 27.0. The number of halogens is 1. The number of unbranched alkanes of at least 4 members (excludes halogenated alkanes) is 1. The Bertz CT molecular complexity index is 852. The third kappa shape index (κ3) is 4.58. The molecule has 3 aromatic carbocycles. The number of hydrogen-bond acceptors (Lipinski definition) is 4. The summed E-state index contributed by atoms with van der Waals surface area (Å²) < 4.78 is 6.22. The van der Waals surface area contributed by atoms with Crippen molar-refractivity contribution in [3.63, 3.8) is 0 Å². The van der Waals surface area contributed by atoms with E-state index in [1.807, 2.05) is 31.2 Å². The van der Waals surface area contributed by atoms with Gasteiger partial charge < -0.3 is 20.3 Å². The summed E-state index contributed by atoms with van der Waals surface area (Å²) in [4.78, 5) is 0. The Balaban J connectivity index is 0.00000280. The molecule has 0 spiro atoms. The Morgan fingerprint density at radius 3 is 1.86 bits per heavy atom. The Labute approximate surface area is 172 Å². The fourth-order valence-electron chi connectivity index (χ4n) is 3.31. The van der Waals surface area contributed by atoms with Crippen molar-refractivity contribution >= 4 is 34.0 Å². The van der Waals surface area contributed by atoms with E-state index >= 15 is 0 Å². The molecule has 0 unspecified atom stereocenters. The van der Waals surface area contributed by atoms with Gasteiger partial charge in [0.25, 0.3) is 0 Å². The average Bonchev–Trinajstić information content (AvgIpc) is 2.72. The second kappa shape index (κ2) is 10.1. The molecule has 3 rings (SSSR count). The summed E-state index contributed by atoms with van der Waals surface area (Å²) in [7, 11) is 0. The first-order chi connectivity index (χ1) is 13.1. The van der Waals surface area contributed by atoms with Crippen LogP contribution in [0.4, 0.5) is 0 Å². The molecule has 5 heteroatoms. The summed E-state index contributed by atoms with van der Waals surface area (Å²) in [6.45, 7) is 4.98. The highest BCUT2D eigenvalue weighted by molar-refractivity contribution is 6.08. The molecule has 0 aliphatic carbocycles. The van der Waals surface area contributed by atoms with E-state index in [9.17, 15) is 10.2 Å². The molecule has 0 fully saturated rings. The Hall–Kier alpha value is -1.85. The van der Waals surface area contributed by atoms with Crippen LogP contribution in [0.1, 0.15) is 32.3 Å². The molecule has 152 valence electrons. The van der Waals surface area contributed by atoms with E-state index in [-0.39, 0.29) is 25.6 Å². The SMILES string of the molecule is CCCCOc1c2ccccc2c(CNC(C)(CO)CO)c2ccccc12.Cl. The predicted octanol–water partition coefficient (Wildman–Crippen LogP) is 4.43. The van der Waals surface area contributed by atoms with Crippen molar-refractivity contribution in [2.24, 2.45) is 0 Å². The average molecular weight is 404 g/mol. The van der Waals surface area contributed by atoms with Gasteiger partial charge >= 0.3 is 0 Å². The van der Waals surface area contributed by atoms with Crippen molar-refractivity contribution < 1.29 is 14.9 Å². The summed E-state index contributed by atoms with van der Waals surface area (Å²) >= 11 is 0. The Kier molecular flexibility index (Phi) is 8.08. The molecule has 0 heterocycles. The van der Waals surface area contributed by atoms with Gasteiger partial charge in [0.1, 0.15) is 5.75 Å². The molecular formula is C23H30ClNO3. The number of aliphatic hydroxyl groups is 2. The highest BCUT2D eigenvalue weighted by atomic mass is 35.5. The van der Waals surface area contributed by atoms with Crippen molar-refractivity contribution in [1.29, 1.82) is 0 Å². The summed E-state index contributed by atoms with van der Waals surface area (Å²) in [5.41, 5.74) is 0.426. The molecular weight excluding hydrogens is 374 g/mol. The standard InChI is InChI=1S/C23H29NO3.ClH/c1-3-4-13-27-22-19-11-7-5-9-17(19)21(14-24-23(2,15-25)16-26)18-10-6-8-12-20(18)22;/h5-12,24-26H,3-4,13-16H2,1-2H3;1H. The van der Waals surface area contributed by atoms with Gasteiger partial charge in [0.15, 0.2) is 0 Å².